The van der Waals surface area contributed by atoms with Crippen LogP contribution in [0.25, 0.3) is 0 Å². The molecule has 2 saturated heterocycles. The van der Waals surface area contributed by atoms with E-state index in [2.05, 4.69) is 25.7 Å². The van der Waals surface area contributed by atoms with E-state index in [4.69, 9.17) is 5.11 Å². The molecule has 2 fully saturated rings. The van der Waals surface area contributed by atoms with Crippen LogP contribution < -0.4 is 0 Å². The molecule has 0 amide bonds. The lowest BCUT2D eigenvalue weighted by Gasteiger charge is -2.33. The van der Waals surface area contributed by atoms with Gasteiger partial charge in [0.15, 0.2) is 0 Å². The maximum atomic E-state index is 10.3. The van der Waals surface area contributed by atoms with Crippen molar-refractivity contribution in [2.75, 3.05) is 6.54 Å². The lowest BCUT2D eigenvalue weighted by Crippen LogP contribution is -2.39. The Kier molecular flexibility index (Phi) is 7.57. The number of hydrogen-bond acceptors (Lipinski definition) is 2. The minimum absolute atomic E-state index is 0.314. The zero-order chi connectivity index (χ0) is 15.1. The Morgan fingerprint density at radius 3 is 1.95 bits per heavy atom. The maximum Gasteiger partial charge on any atom is 0.303 e. The predicted octanol–water partition coefficient (Wildman–Crippen LogP) is 4.17. The average Bonchev–Trinajstić information content (AvgIpc) is 2.63. The number of piperidine rings is 1. The van der Waals surface area contributed by atoms with E-state index < -0.39 is 5.97 Å². The molecule has 118 valence electrons. The SMILES string of the molecule is CCC(CC(=O)O)C(C)C.CCN1C2CCCC1CC2. The van der Waals surface area contributed by atoms with Gasteiger partial charge in [-0.15, -0.1) is 0 Å². The fourth-order valence-electron chi connectivity index (χ4n) is 3.82. The first-order valence-electron chi connectivity index (χ1n) is 8.47. The summed E-state index contributed by atoms with van der Waals surface area (Å²) in [5, 5.41) is 8.46. The quantitative estimate of drug-likeness (QED) is 0.823. The Morgan fingerprint density at radius 1 is 1.15 bits per heavy atom. The molecule has 0 aliphatic carbocycles. The summed E-state index contributed by atoms with van der Waals surface area (Å²) in [5.74, 6) is 0.152. The van der Waals surface area contributed by atoms with Crippen molar-refractivity contribution in [1.29, 1.82) is 0 Å². The number of rotatable bonds is 5. The van der Waals surface area contributed by atoms with E-state index >= 15 is 0 Å². The van der Waals surface area contributed by atoms with Crippen LogP contribution in [0, 0.1) is 11.8 Å². The van der Waals surface area contributed by atoms with Gasteiger partial charge in [0.25, 0.3) is 0 Å². The van der Waals surface area contributed by atoms with E-state index in [1.54, 1.807) is 0 Å². The highest BCUT2D eigenvalue weighted by molar-refractivity contribution is 5.67. The Balaban J connectivity index is 0.000000200. The Morgan fingerprint density at radius 2 is 1.70 bits per heavy atom. The number of aliphatic carboxylic acids is 1. The molecule has 0 saturated carbocycles. The van der Waals surface area contributed by atoms with Crippen LogP contribution in [0.1, 0.15) is 72.6 Å². The predicted molar refractivity (Wildman–Crippen MR) is 83.9 cm³/mol. The summed E-state index contributed by atoms with van der Waals surface area (Å²) in [5.41, 5.74) is 0. The van der Waals surface area contributed by atoms with E-state index in [1.165, 1.54) is 38.6 Å². The van der Waals surface area contributed by atoms with E-state index in [0.717, 1.165) is 18.5 Å². The van der Waals surface area contributed by atoms with Crippen molar-refractivity contribution in [2.45, 2.75) is 84.7 Å². The first-order chi connectivity index (χ1) is 9.49. The van der Waals surface area contributed by atoms with Gasteiger partial charge in [-0.1, -0.05) is 40.5 Å². The lowest BCUT2D eigenvalue weighted by atomic mass is 9.90. The first-order valence-corrected chi connectivity index (χ1v) is 8.47. The maximum absolute atomic E-state index is 10.3. The van der Waals surface area contributed by atoms with E-state index in [1.807, 2.05) is 6.92 Å². The normalized spacial score (nSPS) is 27.1. The molecule has 0 aromatic heterocycles. The molecular weight excluding hydrogens is 250 g/mol. The minimum Gasteiger partial charge on any atom is -0.481 e. The standard InChI is InChI=1S/C9H17N.C8H16O2/c1-2-10-8-4-3-5-9(10)7-6-8;1-4-7(6(2)3)5-8(9)10/h8-9H,2-7H2,1H3;6-7H,4-5H2,1-3H3,(H,9,10). The molecule has 3 nitrogen and oxygen atoms in total. The Bertz CT molecular complexity index is 275. The Labute approximate surface area is 124 Å². The van der Waals surface area contributed by atoms with Crippen molar-refractivity contribution in [3.63, 3.8) is 0 Å². The molecule has 2 aliphatic heterocycles. The first kappa shape index (κ1) is 17.5. The van der Waals surface area contributed by atoms with Gasteiger partial charge < -0.3 is 5.11 Å². The van der Waals surface area contributed by atoms with Gasteiger partial charge in [-0.25, -0.2) is 0 Å². The van der Waals surface area contributed by atoms with Crippen molar-refractivity contribution in [1.82, 2.24) is 4.90 Å². The number of nitrogens with zero attached hydrogens (tertiary/aromatic N) is 1. The van der Waals surface area contributed by atoms with Gasteiger partial charge >= 0.3 is 5.97 Å². The molecule has 2 heterocycles. The van der Waals surface area contributed by atoms with Crippen molar-refractivity contribution in [3.05, 3.63) is 0 Å². The van der Waals surface area contributed by atoms with E-state index in [-0.39, 0.29) is 0 Å². The van der Waals surface area contributed by atoms with Gasteiger partial charge in [0.05, 0.1) is 0 Å². The molecule has 0 aromatic carbocycles. The third kappa shape index (κ3) is 5.08. The molecule has 3 atom stereocenters. The molecule has 0 radical (unpaired) electrons. The van der Waals surface area contributed by atoms with Crippen molar-refractivity contribution in [2.24, 2.45) is 11.8 Å². The van der Waals surface area contributed by atoms with Crippen LogP contribution in [0.15, 0.2) is 0 Å². The molecular formula is C17H33NO2. The molecule has 2 bridgehead atoms. The molecule has 1 N–H and O–H groups in total. The van der Waals surface area contributed by atoms with Crippen LogP contribution in [0.2, 0.25) is 0 Å². The van der Waals surface area contributed by atoms with Gasteiger partial charge in [0, 0.05) is 18.5 Å². The molecule has 0 spiro atoms. The third-order valence-corrected chi connectivity index (χ3v) is 5.11. The monoisotopic (exact) mass is 283 g/mol. The number of fused-ring (bicyclic) bond motifs is 2. The van der Waals surface area contributed by atoms with Crippen LogP contribution in [0.4, 0.5) is 0 Å². The minimum atomic E-state index is -0.680. The second-order valence-electron chi connectivity index (χ2n) is 6.66. The summed E-state index contributed by atoms with van der Waals surface area (Å²) in [4.78, 5) is 13.0. The van der Waals surface area contributed by atoms with Gasteiger partial charge in [0.2, 0.25) is 0 Å². The van der Waals surface area contributed by atoms with Gasteiger partial charge in [0.1, 0.15) is 0 Å². The average molecular weight is 283 g/mol. The van der Waals surface area contributed by atoms with Gasteiger partial charge in [-0.3, -0.25) is 9.69 Å². The second-order valence-corrected chi connectivity index (χ2v) is 6.66. The molecule has 2 aliphatic rings. The highest BCUT2D eigenvalue weighted by Crippen LogP contribution is 2.34. The van der Waals surface area contributed by atoms with Crippen LogP contribution in [-0.2, 0) is 4.79 Å². The number of carboxylic acids is 1. The highest BCUT2D eigenvalue weighted by Gasteiger charge is 2.34. The third-order valence-electron chi connectivity index (χ3n) is 5.11. The summed E-state index contributed by atoms with van der Waals surface area (Å²) in [7, 11) is 0. The van der Waals surface area contributed by atoms with Gasteiger partial charge in [-0.2, -0.15) is 0 Å². The molecule has 0 aromatic rings. The van der Waals surface area contributed by atoms with Crippen LogP contribution in [-0.4, -0.2) is 34.6 Å². The molecule has 3 heteroatoms. The van der Waals surface area contributed by atoms with Crippen molar-refractivity contribution in [3.8, 4) is 0 Å². The van der Waals surface area contributed by atoms with Crippen molar-refractivity contribution < 1.29 is 9.90 Å². The van der Waals surface area contributed by atoms with Crippen molar-refractivity contribution >= 4 is 5.97 Å². The smallest absolute Gasteiger partial charge is 0.303 e. The summed E-state index contributed by atoms with van der Waals surface area (Å²) >= 11 is 0. The number of carboxylic acid groups (broad SMARTS) is 1. The number of hydrogen-bond donors (Lipinski definition) is 1. The second kappa shape index (κ2) is 8.66. The molecule has 3 unspecified atom stereocenters. The lowest BCUT2D eigenvalue weighted by molar-refractivity contribution is -0.138. The van der Waals surface area contributed by atoms with Crippen LogP contribution in [0.3, 0.4) is 0 Å². The molecule has 2 rings (SSSR count). The van der Waals surface area contributed by atoms with E-state index in [9.17, 15) is 4.79 Å². The summed E-state index contributed by atoms with van der Waals surface area (Å²) in [6.07, 6.45) is 8.69. The van der Waals surface area contributed by atoms with E-state index in [0.29, 0.717) is 18.3 Å². The Hall–Kier alpha value is -0.570. The topological polar surface area (TPSA) is 40.5 Å². The summed E-state index contributed by atoms with van der Waals surface area (Å²) in [6.45, 7) is 9.76. The van der Waals surface area contributed by atoms with Crippen LogP contribution >= 0.6 is 0 Å². The van der Waals surface area contributed by atoms with Crippen LogP contribution in [0.5, 0.6) is 0 Å². The zero-order valence-corrected chi connectivity index (χ0v) is 13.8. The molecule has 20 heavy (non-hydrogen) atoms. The fourth-order valence-corrected chi connectivity index (χ4v) is 3.82. The summed E-state index contributed by atoms with van der Waals surface area (Å²) in [6, 6.07) is 1.95. The number of carbonyl (C=O) groups is 1. The largest absolute Gasteiger partial charge is 0.481 e. The highest BCUT2D eigenvalue weighted by atomic mass is 16.4. The zero-order valence-electron chi connectivity index (χ0n) is 13.8. The van der Waals surface area contributed by atoms with Gasteiger partial charge in [-0.05, 0) is 44.1 Å². The summed E-state index contributed by atoms with van der Waals surface area (Å²) < 4.78 is 0. The fraction of sp³-hybridized carbons (Fsp3) is 0.941.